The highest BCUT2D eigenvalue weighted by Crippen LogP contribution is 2.38. The lowest BCUT2D eigenvalue weighted by Crippen LogP contribution is -1.94. The van der Waals surface area contributed by atoms with E-state index in [1.165, 1.54) is 44.1 Å². The van der Waals surface area contributed by atoms with Crippen LogP contribution in [0.15, 0.2) is 146 Å². The number of hydrogen-bond acceptors (Lipinski definition) is 0. The van der Waals surface area contributed by atoms with Gasteiger partial charge in [0.15, 0.2) is 0 Å². The summed E-state index contributed by atoms with van der Waals surface area (Å²) in [6.45, 7) is 0. The van der Waals surface area contributed by atoms with Crippen molar-refractivity contribution < 1.29 is 0 Å². The normalized spacial score (nSPS) is 11.3. The van der Waals surface area contributed by atoms with E-state index in [4.69, 9.17) is 11.6 Å². The Morgan fingerprint density at radius 2 is 0.842 bits per heavy atom. The van der Waals surface area contributed by atoms with E-state index >= 15 is 0 Å². The van der Waals surface area contributed by atoms with Crippen LogP contribution in [0.5, 0.6) is 0 Å². The van der Waals surface area contributed by atoms with Gasteiger partial charge in [0.25, 0.3) is 0 Å². The zero-order valence-electron chi connectivity index (χ0n) is 20.7. The molecule has 1 heterocycles. The summed E-state index contributed by atoms with van der Waals surface area (Å²) < 4.78 is 2.38. The van der Waals surface area contributed by atoms with Gasteiger partial charge in [-0.3, -0.25) is 0 Å². The predicted molar refractivity (Wildman–Crippen MR) is 162 cm³/mol. The number of hydrogen-bond donors (Lipinski definition) is 0. The van der Waals surface area contributed by atoms with Crippen molar-refractivity contribution in [1.29, 1.82) is 0 Å². The number of nitrogens with zero attached hydrogens (tertiary/aromatic N) is 1. The molecule has 0 N–H and O–H groups in total. The van der Waals surface area contributed by atoms with E-state index in [0.29, 0.717) is 0 Å². The fourth-order valence-corrected chi connectivity index (χ4v) is 5.60. The molecule has 0 aliphatic heterocycles. The van der Waals surface area contributed by atoms with E-state index in [-0.39, 0.29) is 0 Å². The van der Waals surface area contributed by atoms with Crippen molar-refractivity contribution >= 4 is 33.4 Å². The highest BCUT2D eigenvalue weighted by Gasteiger charge is 2.15. The second-order valence-corrected chi connectivity index (χ2v) is 10.0. The van der Waals surface area contributed by atoms with Crippen molar-refractivity contribution in [1.82, 2.24) is 4.57 Å². The summed E-state index contributed by atoms with van der Waals surface area (Å²) in [5.74, 6) is 0. The second-order valence-electron chi connectivity index (χ2n) is 9.59. The van der Waals surface area contributed by atoms with Crippen LogP contribution in [0, 0.1) is 0 Å². The molecule has 0 atom stereocenters. The highest BCUT2D eigenvalue weighted by atomic mass is 35.5. The highest BCUT2D eigenvalue weighted by molar-refractivity contribution is 6.30. The Morgan fingerprint density at radius 3 is 1.39 bits per heavy atom. The molecule has 6 aromatic carbocycles. The average molecular weight is 506 g/mol. The molecular weight excluding hydrogens is 482 g/mol. The largest absolute Gasteiger partial charge is 0.309 e. The van der Waals surface area contributed by atoms with Crippen LogP contribution >= 0.6 is 11.6 Å². The summed E-state index contributed by atoms with van der Waals surface area (Å²) in [5, 5.41) is 3.23. The molecule has 180 valence electrons. The van der Waals surface area contributed by atoms with Crippen LogP contribution in [0.3, 0.4) is 0 Å². The Morgan fingerprint density at radius 1 is 0.368 bits per heavy atom. The molecule has 0 unspecified atom stereocenters. The quantitative estimate of drug-likeness (QED) is 0.224. The Labute approximate surface area is 227 Å². The van der Waals surface area contributed by atoms with Crippen LogP contribution in [0.1, 0.15) is 0 Å². The summed E-state index contributed by atoms with van der Waals surface area (Å²) in [7, 11) is 0. The predicted octanol–water partition coefficient (Wildman–Crippen LogP) is 10.4. The van der Waals surface area contributed by atoms with Crippen molar-refractivity contribution in [3.63, 3.8) is 0 Å². The molecule has 38 heavy (non-hydrogen) atoms. The van der Waals surface area contributed by atoms with Gasteiger partial charge >= 0.3 is 0 Å². The van der Waals surface area contributed by atoms with Crippen LogP contribution in [0.25, 0.3) is 60.9 Å². The minimum atomic E-state index is 0.742. The van der Waals surface area contributed by atoms with Gasteiger partial charge in [0, 0.05) is 21.5 Å². The third kappa shape index (κ3) is 3.98. The van der Waals surface area contributed by atoms with Crippen molar-refractivity contribution in [2.45, 2.75) is 0 Å². The zero-order chi connectivity index (χ0) is 25.5. The molecule has 0 saturated carbocycles. The summed E-state index contributed by atoms with van der Waals surface area (Å²) in [4.78, 5) is 0. The fraction of sp³-hybridized carbons (Fsp3) is 0. The van der Waals surface area contributed by atoms with E-state index < -0.39 is 0 Å². The molecule has 1 nitrogen and oxygen atoms in total. The van der Waals surface area contributed by atoms with Gasteiger partial charge in [-0.15, -0.1) is 0 Å². The standard InChI is InChI=1S/C36H24ClN/c37-31-15-7-13-27(21-31)28-14-8-16-32(22-28)38-35-19-17-29(25-9-3-1-4-10-25)23-33(35)34-24-30(18-20-36(34)38)26-11-5-2-6-12-26/h1-24H. The molecule has 0 aliphatic carbocycles. The third-order valence-corrected chi connectivity index (χ3v) is 7.48. The van der Waals surface area contributed by atoms with Gasteiger partial charge < -0.3 is 4.57 Å². The molecule has 0 fully saturated rings. The lowest BCUT2D eigenvalue weighted by molar-refractivity contribution is 1.18. The van der Waals surface area contributed by atoms with Gasteiger partial charge in [-0.2, -0.15) is 0 Å². The van der Waals surface area contributed by atoms with Gasteiger partial charge in [-0.1, -0.05) is 109 Å². The minimum absolute atomic E-state index is 0.742. The first-order valence-corrected chi connectivity index (χ1v) is 13.2. The molecule has 2 heteroatoms. The molecule has 0 amide bonds. The molecule has 0 bridgehead atoms. The third-order valence-electron chi connectivity index (χ3n) is 7.24. The summed E-state index contributed by atoms with van der Waals surface area (Å²) >= 11 is 6.32. The fourth-order valence-electron chi connectivity index (χ4n) is 5.41. The van der Waals surface area contributed by atoms with Gasteiger partial charge in [0.2, 0.25) is 0 Å². The van der Waals surface area contributed by atoms with Gasteiger partial charge in [0.1, 0.15) is 0 Å². The Balaban J connectivity index is 1.49. The van der Waals surface area contributed by atoms with Gasteiger partial charge in [-0.25, -0.2) is 0 Å². The molecule has 0 radical (unpaired) electrons. The van der Waals surface area contributed by atoms with E-state index in [0.717, 1.165) is 21.8 Å². The van der Waals surface area contributed by atoms with E-state index in [1.54, 1.807) is 0 Å². The lowest BCUT2D eigenvalue weighted by atomic mass is 10.0. The van der Waals surface area contributed by atoms with Crippen LogP contribution in [0.2, 0.25) is 5.02 Å². The van der Waals surface area contributed by atoms with Crippen LogP contribution in [0.4, 0.5) is 0 Å². The van der Waals surface area contributed by atoms with E-state index in [9.17, 15) is 0 Å². The maximum absolute atomic E-state index is 6.32. The first-order valence-electron chi connectivity index (χ1n) is 12.8. The smallest absolute Gasteiger partial charge is 0.0541 e. The number of fused-ring (bicyclic) bond motifs is 3. The minimum Gasteiger partial charge on any atom is -0.309 e. The maximum Gasteiger partial charge on any atom is 0.0541 e. The summed E-state index contributed by atoms with van der Waals surface area (Å²) in [5.41, 5.74) is 10.6. The van der Waals surface area contributed by atoms with Crippen LogP contribution in [-0.2, 0) is 0 Å². The van der Waals surface area contributed by atoms with Gasteiger partial charge in [0.05, 0.1) is 11.0 Å². The molecule has 0 saturated heterocycles. The first kappa shape index (κ1) is 22.6. The number of halogens is 1. The van der Waals surface area contributed by atoms with Crippen molar-refractivity contribution in [2.24, 2.45) is 0 Å². The SMILES string of the molecule is Clc1cccc(-c2cccc(-n3c4ccc(-c5ccccc5)cc4c4cc(-c5ccccc5)ccc43)c2)c1. The molecule has 7 rings (SSSR count). The van der Waals surface area contributed by atoms with Crippen LogP contribution < -0.4 is 0 Å². The Hall–Kier alpha value is -4.59. The molecule has 7 aromatic rings. The molecule has 0 spiro atoms. The monoisotopic (exact) mass is 505 g/mol. The average Bonchev–Trinajstić information content (AvgIpc) is 3.31. The lowest BCUT2D eigenvalue weighted by Gasteiger charge is -2.11. The molecule has 1 aromatic heterocycles. The first-order chi connectivity index (χ1) is 18.7. The maximum atomic E-state index is 6.32. The number of aromatic nitrogens is 1. The Kier molecular flexibility index (Phi) is 5.57. The Bertz CT molecular complexity index is 1820. The van der Waals surface area contributed by atoms with E-state index in [2.05, 4.69) is 132 Å². The summed E-state index contributed by atoms with van der Waals surface area (Å²) in [6.07, 6.45) is 0. The van der Waals surface area contributed by atoms with Crippen molar-refractivity contribution in [3.8, 4) is 39.1 Å². The van der Waals surface area contributed by atoms with E-state index in [1.807, 2.05) is 18.2 Å². The summed E-state index contributed by atoms with van der Waals surface area (Å²) in [6, 6.07) is 51.6. The molecule has 0 aliphatic rings. The second kappa shape index (κ2) is 9.37. The van der Waals surface area contributed by atoms with Crippen LogP contribution in [-0.4, -0.2) is 4.57 Å². The van der Waals surface area contributed by atoms with Crippen molar-refractivity contribution in [3.05, 3.63) is 151 Å². The number of rotatable bonds is 4. The number of benzene rings is 6. The topological polar surface area (TPSA) is 4.93 Å². The van der Waals surface area contributed by atoms with Gasteiger partial charge in [-0.05, 0) is 81.9 Å². The zero-order valence-corrected chi connectivity index (χ0v) is 21.4. The molecular formula is C36H24ClN. The van der Waals surface area contributed by atoms with Crippen molar-refractivity contribution in [2.75, 3.05) is 0 Å².